The highest BCUT2D eigenvalue weighted by atomic mass is 35.5. The first-order valence-electron chi connectivity index (χ1n) is 9.03. The Morgan fingerprint density at radius 1 is 0.964 bits per heavy atom. The fourth-order valence-electron chi connectivity index (χ4n) is 2.77. The van der Waals surface area contributed by atoms with E-state index in [0.29, 0.717) is 36.1 Å². The largest absolute Gasteiger partial charge is 0.493 e. The molecule has 0 atom stereocenters. The van der Waals surface area contributed by atoms with E-state index < -0.39 is 0 Å². The predicted molar refractivity (Wildman–Crippen MR) is 113 cm³/mol. The molecule has 0 saturated carbocycles. The third kappa shape index (κ3) is 6.61. The summed E-state index contributed by atoms with van der Waals surface area (Å²) < 4.78 is 16.9. The van der Waals surface area contributed by atoms with Crippen LogP contribution in [0, 0.1) is 0 Å². The minimum atomic E-state index is 0. The van der Waals surface area contributed by atoms with Crippen LogP contribution in [0.25, 0.3) is 0 Å². The fourth-order valence-corrected chi connectivity index (χ4v) is 2.77. The molecule has 1 aromatic carbocycles. The highest BCUT2D eigenvalue weighted by Gasteiger charge is 2.15. The molecule has 1 aromatic heterocycles. The smallest absolute Gasteiger partial charge is 0.221 e. The maximum atomic E-state index is 5.96. The first kappa shape index (κ1) is 23.6. The molecule has 1 heterocycles. The number of rotatable bonds is 11. The number of nitrogens with two attached hydrogens (primary N) is 3. The van der Waals surface area contributed by atoms with Crippen LogP contribution in [-0.4, -0.2) is 37.3 Å². The quantitative estimate of drug-likeness (QED) is 0.480. The number of methoxy groups -OCH3 is 2. The Morgan fingerprint density at radius 3 is 2.32 bits per heavy atom. The molecule has 0 aliphatic carbocycles. The number of halogens is 1. The van der Waals surface area contributed by atoms with Crippen LogP contribution in [0.15, 0.2) is 18.3 Å². The maximum absolute atomic E-state index is 5.96. The van der Waals surface area contributed by atoms with Gasteiger partial charge in [-0.3, -0.25) is 0 Å². The molecule has 0 bridgehead atoms. The molecule has 0 aliphatic heterocycles. The molecular formula is C19H30ClN5O3. The lowest BCUT2D eigenvalue weighted by Gasteiger charge is -2.16. The number of ether oxygens (including phenoxy) is 3. The lowest BCUT2D eigenvalue weighted by molar-refractivity contribution is 0.276. The molecule has 156 valence electrons. The van der Waals surface area contributed by atoms with E-state index in [1.165, 1.54) is 0 Å². The molecule has 6 N–H and O–H groups in total. The van der Waals surface area contributed by atoms with Gasteiger partial charge in [0, 0.05) is 18.2 Å². The van der Waals surface area contributed by atoms with Crippen molar-refractivity contribution in [2.45, 2.75) is 32.1 Å². The summed E-state index contributed by atoms with van der Waals surface area (Å²) >= 11 is 0. The number of hydrogen-bond acceptors (Lipinski definition) is 8. The molecule has 8 nitrogen and oxygen atoms in total. The summed E-state index contributed by atoms with van der Waals surface area (Å²) in [5.41, 5.74) is 18.8. The summed E-state index contributed by atoms with van der Waals surface area (Å²) in [6, 6.07) is 3.82. The first-order chi connectivity index (χ1) is 13.1. The van der Waals surface area contributed by atoms with Crippen molar-refractivity contribution in [1.29, 1.82) is 0 Å². The average molecular weight is 412 g/mol. The third-order valence-corrected chi connectivity index (χ3v) is 4.17. The Bertz CT molecular complexity index is 746. The van der Waals surface area contributed by atoms with Crippen LogP contribution in [0.1, 0.15) is 36.8 Å². The van der Waals surface area contributed by atoms with Crippen molar-refractivity contribution in [1.82, 2.24) is 9.97 Å². The second-order valence-corrected chi connectivity index (χ2v) is 6.20. The van der Waals surface area contributed by atoms with Gasteiger partial charge in [-0.2, -0.15) is 4.98 Å². The number of unbranched alkanes of at least 4 members (excludes halogenated alkanes) is 3. The number of benzene rings is 1. The number of nitrogens with zero attached hydrogens (tertiary/aromatic N) is 2. The lowest BCUT2D eigenvalue weighted by atomic mass is 10.1. The summed E-state index contributed by atoms with van der Waals surface area (Å²) in [6.07, 6.45) is 6.34. The molecule has 2 rings (SSSR count). The highest BCUT2D eigenvalue weighted by molar-refractivity contribution is 5.85. The molecule has 0 saturated heterocycles. The minimum Gasteiger partial charge on any atom is -0.493 e. The molecule has 2 aromatic rings. The zero-order chi connectivity index (χ0) is 19.6. The molecule has 0 amide bonds. The van der Waals surface area contributed by atoms with Crippen LogP contribution in [0.4, 0.5) is 11.8 Å². The number of hydrogen-bond donors (Lipinski definition) is 3. The Morgan fingerprint density at radius 2 is 1.68 bits per heavy atom. The van der Waals surface area contributed by atoms with Gasteiger partial charge in [-0.05, 0) is 37.1 Å². The molecular weight excluding hydrogens is 382 g/mol. The normalized spacial score (nSPS) is 10.2. The van der Waals surface area contributed by atoms with E-state index in [-0.39, 0.29) is 18.4 Å². The van der Waals surface area contributed by atoms with Crippen molar-refractivity contribution in [2.75, 3.05) is 38.8 Å². The van der Waals surface area contributed by atoms with Crippen molar-refractivity contribution in [2.24, 2.45) is 5.73 Å². The van der Waals surface area contributed by atoms with Gasteiger partial charge in [0.25, 0.3) is 0 Å². The van der Waals surface area contributed by atoms with E-state index in [1.807, 2.05) is 12.1 Å². The van der Waals surface area contributed by atoms with Gasteiger partial charge in [-0.15, -0.1) is 12.4 Å². The van der Waals surface area contributed by atoms with Crippen LogP contribution < -0.4 is 31.4 Å². The van der Waals surface area contributed by atoms with Crippen LogP contribution in [-0.2, 0) is 6.42 Å². The minimum absolute atomic E-state index is 0. The molecule has 9 heteroatoms. The van der Waals surface area contributed by atoms with E-state index in [2.05, 4.69) is 9.97 Å². The second-order valence-electron chi connectivity index (χ2n) is 6.20. The summed E-state index contributed by atoms with van der Waals surface area (Å²) in [6.45, 7) is 1.33. The second kappa shape index (κ2) is 12.1. The fraction of sp³-hybridized carbons (Fsp3) is 0.474. The molecule has 0 unspecified atom stereocenters. The molecule has 28 heavy (non-hydrogen) atoms. The highest BCUT2D eigenvalue weighted by Crippen LogP contribution is 2.39. The van der Waals surface area contributed by atoms with E-state index in [0.717, 1.165) is 43.4 Å². The van der Waals surface area contributed by atoms with E-state index in [4.69, 9.17) is 31.4 Å². The Labute approximate surface area is 172 Å². The zero-order valence-electron chi connectivity index (χ0n) is 16.4. The number of nitrogen functional groups attached to an aromatic ring is 2. The van der Waals surface area contributed by atoms with Gasteiger partial charge in [0.2, 0.25) is 11.7 Å². The summed E-state index contributed by atoms with van der Waals surface area (Å²) in [7, 11) is 3.19. The number of anilines is 2. The van der Waals surface area contributed by atoms with Gasteiger partial charge in [0.15, 0.2) is 11.5 Å². The number of aromatic nitrogens is 2. The van der Waals surface area contributed by atoms with Crippen LogP contribution in [0.3, 0.4) is 0 Å². The van der Waals surface area contributed by atoms with Crippen LogP contribution >= 0.6 is 12.4 Å². The summed E-state index contributed by atoms with van der Waals surface area (Å²) in [4.78, 5) is 8.01. The van der Waals surface area contributed by atoms with Crippen LogP contribution in [0.2, 0.25) is 0 Å². The summed E-state index contributed by atoms with van der Waals surface area (Å²) in [5, 5.41) is 0. The van der Waals surface area contributed by atoms with E-state index in [1.54, 1.807) is 20.4 Å². The predicted octanol–water partition coefficient (Wildman–Crippen LogP) is 2.57. The van der Waals surface area contributed by atoms with E-state index >= 15 is 0 Å². The van der Waals surface area contributed by atoms with Gasteiger partial charge < -0.3 is 31.4 Å². The molecule has 0 aliphatic rings. The topological polar surface area (TPSA) is 132 Å². The zero-order valence-corrected chi connectivity index (χ0v) is 17.3. The van der Waals surface area contributed by atoms with Gasteiger partial charge in [0.05, 0.1) is 20.8 Å². The van der Waals surface area contributed by atoms with Gasteiger partial charge in [-0.1, -0.05) is 12.8 Å². The van der Waals surface area contributed by atoms with Crippen molar-refractivity contribution in [3.05, 3.63) is 29.5 Å². The third-order valence-electron chi connectivity index (χ3n) is 4.17. The van der Waals surface area contributed by atoms with Gasteiger partial charge in [0.1, 0.15) is 5.82 Å². The Kier molecular flexibility index (Phi) is 10.2. The summed E-state index contributed by atoms with van der Waals surface area (Å²) in [5.74, 6) is 2.33. The molecule has 0 spiro atoms. The van der Waals surface area contributed by atoms with Gasteiger partial charge in [-0.25, -0.2) is 4.98 Å². The first-order valence-corrected chi connectivity index (χ1v) is 9.03. The average Bonchev–Trinajstić information content (AvgIpc) is 2.66. The van der Waals surface area contributed by atoms with Crippen molar-refractivity contribution < 1.29 is 14.2 Å². The van der Waals surface area contributed by atoms with Gasteiger partial charge >= 0.3 is 0 Å². The van der Waals surface area contributed by atoms with Crippen molar-refractivity contribution in [3.63, 3.8) is 0 Å². The maximum Gasteiger partial charge on any atom is 0.221 e. The monoisotopic (exact) mass is 411 g/mol. The van der Waals surface area contributed by atoms with Crippen molar-refractivity contribution in [3.8, 4) is 17.2 Å². The molecule has 0 radical (unpaired) electrons. The Hall–Kier alpha value is -2.45. The van der Waals surface area contributed by atoms with Crippen molar-refractivity contribution >= 4 is 24.2 Å². The van der Waals surface area contributed by atoms with E-state index in [9.17, 15) is 0 Å². The standard InChI is InChI=1S/C19H29N5O3.ClH/c1-25-15-10-13(9-14-12-23-19(22)24-18(14)21)11-16(17(15)26-2)27-8-6-4-3-5-7-20;/h10-12H,3-9,20H2,1-2H3,(H4,21,22,23,24);1H. The lowest BCUT2D eigenvalue weighted by Crippen LogP contribution is -2.05. The molecule has 0 fully saturated rings. The van der Waals surface area contributed by atoms with Crippen LogP contribution in [0.5, 0.6) is 17.2 Å². The Balaban J connectivity index is 0.00000392. The SMILES string of the molecule is COc1cc(Cc2cnc(N)nc2N)cc(OCCCCCCN)c1OC.Cl.